The quantitative estimate of drug-likeness (QED) is 0.655. The van der Waals surface area contributed by atoms with Crippen molar-refractivity contribution in [2.75, 3.05) is 11.9 Å². The zero-order valence-electron chi connectivity index (χ0n) is 10.9. The van der Waals surface area contributed by atoms with Crippen LogP contribution in [0.4, 0.5) is 19.3 Å². The van der Waals surface area contributed by atoms with Gasteiger partial charge in [0.15, 0.2) is 0 Å². The van der Waals surface area contributed by atoms with Crippen molar-refractivity contribution in [2.24, 2.45) is 0 Å². The molecule has 0 aliphatic rings. The Balaban J connectivity index is 2.78. The highest BCUT2D eigenvalue weighted by molar-refractivity contribution is 6.05. The summed E-state index contributed by atoms with van der Waals surface area (Å²) in [6.45, 7) is 1.60. The summed E-state index contributed by atoms with van der Waals surface area (Å²) in [5, 5.41) is 13.0. The molecule has 2 amide bonds. The molecule has 0 unspecified atom stereocenters. The van der Waals surface area contributed by atoms with Gasteiger partial charge in [0.25, 0.3) is 5.91 Å². The molecule has 0 heterocycles. The maximum Gasteiger partial charge on any atom is 0.414 e. The summed E-state index contributed by atoms with van der Waals surface area (Å²) in [5.41, 5.74) is -0.611. The number of hydrogen-bond acceptors (Lipinski definition) is 5. The van der Waals surface area contributed by atoms with Crippen LogP contribution in [0.25, 0.3) is 0 Å². The number of halogens is 2. The molecule has 0 saturated carbocycles. The molecule has 110 valence electrons. The molecule has 0 aromatic heterocycles. The van der Waals surface area contributed by atoms with E-state index in [1.165, 1.54) is 6.07 Å². The van der Waals surface area contributed by atoms with E-state index in [-0.39, 0.29) is 12.3 Å². The maximum atomic E-state index is 13.3. The van der Waals surface area contributed by atoms with Crippen molar-refractivity contribution in [3.63, 3.8) is 0 Å². The highest BCUT2D eigenvalue weighted by Crippen LogP contribution is 2.15. The maximum absolute atomic E-state index is 13.3. The van der Waals surface area contributed by atoms with E-state index in [4.69, 9.17) is 5.26 Å². The molecule has 0 radical (unpaired) electrons. The Labute approximate surface area is 119 Å². The number of benzene rings is 1. The Hall–Kier alpha value is -2.95. The van der Waals surface area contributed by atoms with E-state index in [0.717, 1.165) is 18.3 Å². The summed E-state index contributed by atoms with van der Waals surface area (Å²) in [7, 11) is 0. The highest BCUT2D eigenvalue weighted by Gasteiger charge is 2.13. The normalized spacial score (nSPS) is 10.5. The number of alkyl carbamates (subject to hydrolysis) is 1. The first kappa shape index (κ1) is 16.1. The SMILES string of the molecule is CCOC(=O)NC(=O)/C(C#N)=C\Nc1ccc(F)cc1F. The summed E-state index contributed by atoms with van der Waals surface area (Å²) in [6.07, 6.45) is -0.109. The van der Waals surface area contributed by atoms with Crippen molar-refractivity contribution >= 4 is 17.7 Å². The Morgan fingerprint density at radius 2 is 2.14 bits per heavy atom. The van der Waals surface area contributed by atoms with Gasteiger partial charge in [0.2, 0.25) is 0 Å². The van der Waals surface area contributed by atoms with Gasteiger partial charge in [-0.2, -0.15) is 5.26 Å². The molecule has 21 heavy (non-hydrogen) atoms. The van der Waals surface area contributed by atoms with Gasteiger partial charge in [-0.25, -0.2) is 13.6 Å². The van der Waals surface area contributed by atoms with E-state index in [1.807, 2.05) is 5.32 Å². The molecule has 1 aromatic carbocycles. The topological polar surface area (TPSA) is 91.2 Å². The second-order valence-electron chi connectivity index (χ2n) is 3.61. The van der Waals surface area contributed by atoms with Gasteiger partial charge in [0.05, 0.1) is 12.3 Å². The standard InChI is InChI=1S/C13H11F2N3O3/c1-2-21-13(20)18-12(19)8(6-16)7-17-11-4-3-9(14)5-10(11)15/h3-5,7,17H,2H2,1H3,(H,18,19,20)/b8-7-. The fourth-order valence-corrected chi connectivity index (χ4v) is 1.23. The van der Waals surface area contributed by atoms with E-state index < -0.39 is 29.2 Å². The first-order valence-corrected chi connectivity index (χ1v) is 5.78. The zero-order valence-corrected chi connectivity index (χ0v) is 10.9. The lowest BCUT2D eigenvalue weighted by Gasteiger charge is -2.05. The van der Waals surface area contributed by atoms with Crippen molar-refractivity contribution < 1.29 is 23.1 Å². The van der Waals surface area contributed by atoms with Crippen LogP contribution in [-0.2, 0) is 9.53 Å². The summed E-state index contributed by atoms with van der Waals surface area (Å²) >= 11 is 0. The Morgan fingerprint density at radius 1 is 1.43 bits per heavy atom. The second-order valence-corrected chi connectivity index (χ2v) is 3.61. The van der Waals surface area contributed by atoms with Crippen LogP contribution >= 0.6 is 0 Å². The molecule has 0 spiro atoms. The molecule has 2 N–H and O–H groups in total. The molecule has 0 saturated heterocycles. The van der Waals surface area contributed by atoms with Crippen molar-refractivity contribution in [2.45, 2.75) is 6.92 Å². The van der Waals surface area contributed by atoms with Crippen LogP contribution in [-0.4, -0.2) is 18.6 Å². The van der Waals surface area contributed by atoms with Gasteiger partial charge in [-0.1, -0.05) is 0 Å². The zero-order chi connectivity index (χ0) is 15.8. The number of amides is 2. The minimum Gasteiger partial charge on any atom is -0.450 e. The van der Waals surface area contributed by atoms with Gasteiger partial charge in [-0.15, -0.1) is 0 Å². The number of carbonyl (C=O) groups is 2. The number of imide groups is 1. The second kappa shape index (κ2) is 7.59. The molecular formula is C13H11F2N3O3. The fourth-order valence-electron chi connectivity index (χ4n) is 1.23. The molecule has 1 aromatic rings. The first-order chi connectivity index (χ1) is 9.97. The van der Waals surface area contributed by atoms with Gasteiger partial charge in [0, 0.05) is 12.3 Å². The number of carbonyl (C=O) groups excluding carboxylic acids is 2. The fraction of sp³-hybridized carbons (Fsp3) is 0.154. The summed E-state index contributed by atoms with van der Waals surface area (Å²) in [4.78, 5) is 22.6. The van der Waals surface area contributed by atoms with E-state index >= 15 is 0 Å². The number of nitrogens with zero attached hydrogens (tertiary/aromatic N) is 1. The lowest BCUT2D eigenvalue weighted by Crippen LogP contribution is -2.32. The van der Waals surface area contributed by atoms with Gasteiger partial charge < -0.3 is 10.1 Å². The molecular weight excluding hydrogens is 284 g/mol. The predicted octanol–water partition coefficient (Wildman–Crippen LogP) is 2.06. The molecule has 0 bridgehead atoms. The van der Waals surface area contributed by atoms with Crippen LogP contribution in [0, 0.1) is 23.0 Å². The average molecular weight is 295 g/mol. The van der Waals surface area contributed by atoms with E-state index in [0.29, 0.717) is 6.07 Å². The minimum atomic E-state index is -1.01. The molecule has 1 rings (SSSR count). The molecule has 6 nitrogen and oxygen atoms in total. The van der Waals surface area contributed by atoms with Gasteiger partial charge >= 0.3 is 6.09 Å². The molecule has 0 atom stereocenters. The van der Waals surface area contributed by atoms with E-state index in [9.17, 15) is 18.4 Å². The van der Waals surface area contributed by atoms with Crippen molar-refractivity contribution in [1.82, 2.24) is 5.32 Å². The third kappa shape index (κ3) is 4.91. The van der Waals surface area contributed by atoms with Crippen LogP contribution in [0.2, 0.25) is 0 Å². The number of nitriles is 1. The average Bonchev–Trinajstić information content (AvgIpc) is 2.41. The number of ether oxygens (including phenoxy) is 1. The van der Waals surface area contributed by atoms with Crippen LogP contribution in [0.1, 0.15) is 6.92 Å². The Morgan fingerprint density at radius 3 is 2.71 bits per heavy atom. The van der Waals surface area contributed by atoms with E-state index in [1.54, 1.807) is 6.92 Å². The highest BCUT2D eigenvalue weighted by atomic mass is 19.1. The monoisotopic (exact) mass is 295 g/mol. The van der Waals surface area contributed by atoms with Crippen molar-refractivity contribution in [3.05, 3.63) is 41.6 Å². The minimum absolute atomic E-state index is 0.0593. The predicted molar refractivity (Wildman–Crippen MR) is 68.8 cm³/mol. The van der Waals surface area contributed by atoms with Crippen LogP contribution < -0.4 is 10.6 Å². The van der Waals surface area contributed by atoms with E-state index in [2.05, 4.69) is 10.1 Å². The Bertz CT molecular complexity index is 624. The van der Waals surface area contributed by atoms with Gasteiger partial charge in [0.1, 0.15) is 23.3 Å². The van der Waals surface area contributed by atoms with Crippen LogP contribution in [0.3, 0.4) is 0 Å². The number of nitrogens with one attached hydrogen (secondary N) is 2. The van der Waals surface area contributed by atoms with Crippen molar-refractivity contribution in [1.29, 1.82) is 5.26 Å². The molecule has 0 aliphatic carbocycles. The van der Waals surface area contributed by atoms with Crippen LogP contribution in [0.15, 0.2) is 30.0 Å². The van der Waals surface area contributed by atoms with Crippen molar-refractivity contribution in [3.8, 4) is 6.07 Å². The van der Waals surface area contributed by atoms with Gasteiger partial charge in [-0.3, -0.25) is 10.1 Å². The lowest BCUT2D eigenvalue weighted by molar-refractivity contribution is -0.116. The largest absolute Gasteiger partial charge is 0.450 e. The number of anilines is 1. The lowest BCUT2D eigenvalue weighted by atomic mass is 10.2. The molecule has 0 aliphatic heterocycles. The smallest absolute Gasteiger partial charge is 0.414 e. The van der Waals surface area contributed by atoms with Gasteiger partial charge in [-0.05, 0) is 19.1 Å². The third-order valence-corrected chi connectivity index (χ3v) is 2.16. The molecule has 0 fully saturated rings. The first-order valence-electron chi connectivity index (χ1n) is 5.78. The summed E-state index contributed by atoms with van der Waals surface area (Å²) < 4.78 is 30.5. The third-order valence-electron chi connectivity index (χ3n) is 2.16. The number of rotatable bonds is 4. The Kier molecular flexibility index (Phi) is 5.82. The number of hydrogen-bond donors (Lipinski definition) is 2. The van der Waals surface area contributed by atoms with Crippen LogP contribution in [0.5, 0.6) is 0 Å². The molecule has 8 heteroatoms. The summed E-state index contributed by atoms with van der Waals surface area (Å²) in [5.74, 6) is -2.66. The summed E-state index contributed by atoms with van der Waals surface area (Å²) in [6, 6.07) is 4.27.